The highest BCUT2D eigenvalue weighted by Crippen LogP contribution is 2.39. The van der Waals surface area contributed by atoms with Gasteiger partial charge in [0.05, 0.1) is 18.2 Å². The number of H-pyrrole nitrogens is 1. The van der Waals surface area contributed by atoms with Gasteiger partial charge < -0.3 is 16.4 Å². The van der Waals surface area contributed by atoms with Crippen LogP contribution in [0.15, 0.2) is 42.5 Å². The molecule has 0 bridgehead atoms. The number of primary amides is 1. The van der Waals surface area contributed by atoms with Gasteiger partial charge in [-0.2, -0.15) is 5.10 Å². The molecule has 0 aliphatic heterocycles. The molecule has 1 heterocycles. The van der Waals surface area contributed by atoms with E-state index in [-0.39, 0.29) is 12.0 Å². The number of carbonyl (C=O) groups excluding carboxylic acids is 2. The number of aromatic amines is 1. The highest BCUT2D eigenvalue weighted by atomic mass is 19.1. The summed E-state index contributed by atoms with van der Waals surface area (Å²) >= 11 is 0. The smallest absolute Gasteiger partial charge is 0.312 e. The maximum Gasteiger partial charge on any atom is 0.312 e. The predicted octanol–water partition coefficient (Wildman–Crippen LogP) is 3.53. The predicted molar refractivity (Wildman–Crippen MR) is 114 cm³/mol. The molecule has 1 aliphatic carbocycles. The summed E-state index contributed by atoms with van der Waals surface area (Å²) in [6.45, 7) is 1.94. The zero-order valence-corrected chi connectivity index (χ0v) is 17.0. The topological polar surface area (TPSA) is 126 Å². The van der Waals surface area contributed by atoms with E-state index < -0.39 is 23.8 Å². The normalized spacial score (nSPS) is 14.1. The molecule has 1 fully saturated rings. The Balaban J connectivity index is 1.56. The van der Waals surface area contributed by atoms with Crippen molar-refractivity contribution in [1.29, 1.82) is 0 Å². The van der Waals surface area contributed by atoms with Gasteiger partial charge in [-0.05, 0) is 38.0 Å². The zero-order valence-electron chi connectivity index (χ0n) is 17.0. The van der Waals surface area contributed by atoms with Crippen LogP contribution < -0.4 is 16.4 Å². The molecular formula is C22H23FN6O2. The van der Waals surface area contributed by atoms with Crippen molar-refractivity contribution in [3.63, 3.8) is 0 Å². The molecule has 1 saturated carbocycles. The number of aryl methyl sites for hydroxylation is 1. The van der Waals surface area contributed by atoms with Crippen LogP contribution in [0.3, 0.4) is 0 Å². The lowest BCUT2D eigenvalue weighted by atomic mass is 10.0. The van der Waals surface area contributed by atoms with Crippen LogP contribution >= 0.6 is 0 Å². The monoisotopic (exact) mass is 422 g/mol. The first kappa shape index (κ1) is 20.5. The first-order chi connectivity index (χ1) is 14.9. The molecule has 8 nitrogen and oxygen atoms in total. The molecule has 5 N–H and O–H groups in total. The number of benzene rings is 2. The van der Waals surface area contributed by atoms with Gasteiger partial charge in [-0.25, -0.2) is 14.2 Å². The number of hydrogen-bond acceptors (Lipinski definition) is 4. The Morgan fingerprint density at radius 3 is 2.74 bits per heavy atom. The lowest BCUT2D eigenvalue weighted by molar-refractivity contribution is -0.116. The molecule has 3 amide bonds. The number of hydrogen-bond donors (Lipinski definition) is 4. The highest BCUT2D eigenvalue weighted by Gasteiger charge is 2.28. The Morgan fingerprint density at radius 1 is 1.26 bits per heavy atom. The van der Waals surface area contributed by atoms with Crippen molar-refractivity contribution in [1.82, 2.24) is 20.5 Å². The molecule has 0 saturated heterocycles. The Bertz CT molecular complexity index is 1120. The Kier molecular flexibility index (Phi) is 5.66. The second-order valence-electron chi connectivity index (χ2n) is 7.70. The number of nitrogens with two attached hydrogens (primary N) is 1. The van der Waals surface area contributed by atoms with Gasteiger partial charge in [-0.15, -0.1) is 0 Å². The van der Waals surface area contributed by atoms with Gasteiger partial charge in [-0.1, -0.05) is 29.8 Å². The van der Waals surface area contributed by atoms with Gasteiger partial charge >= 0.3 is 6.03 Å². The van der Waals surface area contributed by atoms with E-state index in [0.717, 1.165) is 24.2 Å². The average Bonchev–Trinajstić information content (AvgIpc) is 3.46. The van der Waals surface area contributed by atoms with Crippen molar-refractivity contribution < 1.29 is 14.0 Å². The van der Waals surface area contributed by atoms with Crippen molar-refractivity contribution in [2.75, 3.05) is 5.32 Å². The number of rotatable bonds is 7. The third kappa shape index (κ3) is 4.88. The van der Waals surface area contributed by atoms with Crippen molar-refractivity contribution >= 4 is 17.6 Å². The van der Waals surface area contributed by atoms with Gasteiger partial charge in [0.1, 0.15) is 11.6 Å². The molecule has 1 aliphatic rings. The zero-order chi connectivity index (χ0) is 22.0. The van der Waals surface area contributed by atoms with Gasteiger partial charge in [0.2, 0.25) is 5.91 Å². The second-order valence-corrected chi connectivity index (χ2v) is 7.70. The second kappa shape index (κ2) is 8.55. The van der Waals surface area contributed by atoms with Gasteiger partial charge in [0.15, 0.2) is 5.82 Å². The van der Waals surface area contributed by atoms with Gasteiger partial charge in [-0.3, -0.25) is 9.89 Å². The lowest BCUT2D eigenvalue weighted by Crippen LogP contribution is -2.35. The number of aromatic nitrogens is 3. The van der Waals surface area contributed by atoms with Gasteiger partial charge in [0.25, 0.3) is 0 Å². The third-order valence-electron chi connectivity index (χ3n) is 5.14. The maximum atomic E-state index is 14.2. The fourth-order valence-electron chi connectivity index (χ4n) is 3.44. The van der Waals surface area contributed by atoms with Crippen molar-refractivity contribution in [2.24, 2.45) is 5.73 Å². The van der Waals surface area contributed by atoms with Crippen LogP contribution in [0, 0.1) is 12.7 Å². The average molecular weight is 422 g/mol. The summed E-state index contributed by atoms with van der Waals surface area (Å²) in [6.07, 6.45) is 1.99. The summed E-state index contributed by atoms with van der Waals surface area (Å²) in [5.41, 5.74) is 7.62. The minimum Gasteiger partial charge on any atom is -0.352 e. The summed E-state index contributed by atoms with van der Waals surface area (Å²) in [4.78, 5) is 28.8. The number of urea groups is 1. The maximum absolute atomic E-state index is 14.2. The first-order valence-corrected chi connectivity index (χ1v) is 10.0. The molecule has 2 aromatic carbocycles. The van der Waals surface area contributed by atoms with Crippen molar-refractivity contribution in [3.8, 4) is 11.4 Å². The fourth-order valence-corrected chi connectivity index (χ4v) is 3.44. The number of carbonyl (C=O) groups is 2. The third-order valence-corrected chi connectivity index (χ3v) is 5.14. The summed E-state index contributed by atoms with van der Waals surface area (Å²) < 4.78 is 14.2. The molecule has 1 atom stereocenters. The van der Waals surface area contributed by atoms with E-state index in [0.29, 0.717) is 23.0 Å². The van der Waals surface area contributed by atoms with Crippen molar-refractivity contribution in [2.45, 2.75) is 38.1 Å². The van der Waals surface area contributed by atoms with Crippen LogP contribution in [0.1, 0.15) is 48.2 Å². The summed E-state index contributed by atoms with van der Waals surface area (Å²) in [7, 11) is 0. The highest BCUT2D eigenvalue weighted by molar-refractivity contribution is 5.95. The molecule has 0 spiro atoms. The van der Waals surface area contributed by atoms with E-state index in [1.54, 1.807) is 12.1 Å². The van der Waals surface area contributed by atoms with E-state index in [1.807, 2.05) is 19.1 Å². The molecule has 9 heteroatoms. The molecule has 0 radical (unpaired) electrons. The van der Waals surface area contributed by atoms with E-state index in [2.05, 4.69) is 25.8 Å². The Hall–Kier alpha value is -3.75. The number of anilines is 1. The molecule has 1 unspecified atom stereocenters. The Morgan fingerprint density at radius 2 is 2.03 bits per heavy atom. The van der Waals surface area contributed by atoms with Crippen LogP contribution in [-0.2, 0) is 4.79 Å². The standard InChI is InChI=1S/C22H23FN6O2/c1-12-6-9-17(15(10-12)21-27-20(28-29-21)13-7-8-13)25-19(30)11-18(26-22(24)31)14-4-2-3-5-16(14)23/h2-6,9-10,13,18H,7-8,11H2,1H3,(H,25,30)(H3,24,26,31)(H,27,28,29). The van der Waals surface area contributed by atoms with E-state index in [4.69, 9.17) is 5.73 Å². The molecule has 160 valence electrons. The van der Waals surface area contributed by atoms with Crippen LogP contribution in [0.4, 0.5) is 14.9 Å². The van der Waals surface area contributed by atoms with Crippen molar-refractivity contribution in [3.05, 3.63) is 65.2 Å². The number of nitrogens with one attached hydrogen (secondary N) is 3. The van der Waals surface area contributed by atoms with E-state index in [1.165, 1.54) is 18.2 Å². The Labute approximate surface area is 178 Å². The fraction of sp³-hybridized carbons (Fsp3) is 0.273. The van der Waals surface area contributed by atoms with E-state index >= 15 is 0 Å². The largest absolute Gasteiger partial charge is 0.352 e. The summed E-state index contributed by atoms with van der Waals surface area (Å²) in [5.74, 6) is 0.829. The minimum absolute atomic E-state index is 0.184. The minimum atomic E-state index is -0.905. The number of amides is 3. The molecule has 31 heavy (non-hydrogen) atoms. The summed E-state index contributed by atoms with van der Waals surface area (Å²) in [5, 5.41) is 12.6. The quantitative estimate of drug-likeness (QED) is 0.465. The van der Waals surface area contributed by atoms with Crippen LogP contribution in [-0.4, -0.2) is 27.1 Å². The van der Waals surface area contributed by atoms with Crippen LogP contribution in [0.25, 0.3) is 11.4 Å². The molecule has 4 rings (SSSR count). The van der Waals surface area contributed by atoms with Gasteiger partial charge in [0, 0.05) is 17.0 Å². The lowest BCUT2D eigenvalue weighted by Gasteiger charge is -2.19. The molecule has 1 aromatic heterocycles. The number of nitrogens with zero attached hydrogens (tertiary/aromatic N) is 2. The SMILES string of the molecule is Cc1ccc(NC(=O)CC(NC(N)=O)c2ccccc2F)c(-c2n[nH]c(C3CC3)n2)c1. The van der Waals surface area contributed by atoms with Crippen LogP contribution in [0.2, 0.25) is 0 Å². The molecule has 3 aromatic rings. The summed E-state index contributed by atoms with van der Waals surface area (Å²) in [6, 6.07) is 9.72. The van der Waals surface area contributed by atoms with Crippen LogP contribution in [0.5, 0.6) is 0 Å². The number of halogens is 1. The molecular weight excluding hydrogens is 399 g/mol. The first-order valence-electron chi connectivity index (χ1n) is 10.0. The van der Waals surface area contributed by atoms with E-state index in [9.17, 15) is 14.0 Å².